The molecule has 3 aliphatic heterocycles. The Morgan fingerprint density at radius 2 is 2.03 bits per heavy atom. The van der Waals surface area contributed by atoms with Crippen LogP contribution >= 0.6 is 0 Å². The molecule has 1 spiro atoms. The molecule has 0 radical (unpaired) electrons. The fraction of sp³-hybridized carbons (Fsp3) is 0.609. The van der Waals surface area contributed by atoms with Gasteiger partial charge in [-0.25, -0.2) is 0 Å². The van der Waals surface area contributed by atoms with E-state index in [0.29, 0.717) is 5.92 Å². The fourth-order valence-corrected chi connectivity index (χ4v) is 5.43. The number of fused-ring (bicyclic) bond motifs is 1. The van der Waals surface area contributed by atoms with E-state index in [9.17, 15) is 4.79 Å². The van der Waals surface area contributed by atoms with Crippen molar-refractivity contribution in [3.8, 4) is 0 Å². The van der Waals surface area contributed by atoms with E-state index in [1.807, 2.05) is 35.4 Å². The van der Waals surface area contributed by atoms with Crippen LogP contribution in [0.3, 0.4) is 0 Å². The molecular weight excluding hydrogens is 364 g/mol. The van der Waals surface area contributed by atoms with E-state index in [4.69, 9.17) is 4.74 Å². The Morgan fingerprint density at radius 3 is 2.90 bits per heavy atom. The third kappa shape index (κ3) is 3.81. The van der Waals surface area contributed by atoms with Crippen LogP contribution in [0.2, 0.25) is 0 Å². The summed E-state index contributed by atoms with van der Waals surface area (Å²) in [7, 11) is 2.20. The summed E-state index contributed by atoms with van der Waals surface area (Å²) in [4.78, 5) is 23.5. The van der Waals surface area contributed by atoms with Gasteiger partial charge in [0.15, 0.2) is 0 Å². The number of benzene rings is 1. The number of piperidine rings is 1. The average Bonchev–Trinajstić information content (AvgIpc) is 3.34. The minimum absolute atomic E-state index is 0.132. The third-order valence-electron chi connectivity index (χ3n) is 7.04. The van der Waals surface area contributed by atoms with Crippen LogP contribution in [0.25, 0.3) is 10.9 Å². The van der Waals surface area contributed by atoms with Gasteiger partial charge in [0, 0.05) is 62.9 Å². The number of amides is 1. The number of likely N-dealkylation sites (N-methyl/N-ethyl adjacent to an activating group) is 1. The Bertz CT molecular complexity index is 873. The zero-order valence-electron chi connectivity index (χ0n) is 17.4. The van der Waals surface area contributed by atoms with Gasteiger partial charge in [0.05, 0.1) is 17.8 Å². The molecule has 2 aromatic rings. The number of likely N-dealkylation sites (tertiary alicyclic amines) is 1. The predicted octanol–water partition coefficient (Wildman–Crippen LogP) is 2.43. The van der Waals surface area contributed by atoms with Crippen molar-refractivity contribution in [2.24, 2.45) is 5.92 Å². The summed E-state index contributed by atoms with van der Waals surface area (Å²) in [5, 5.41) is 1.01. The summed E-state index contributed by atoms with van der Waals surface area (Å²) in [5.41, 5.74) is 1.66. The standard InChI is InChI=1S/C23H32N4O2/c1-25-9-11-26(12-10-25)15-18-13-23(29-16-18)7-4-8-27(17-23)22(28)20-14-24-21-6-3-2-5-19(20)21/h2-3,5-6,14,18,24H,4,7-13,15-17H2,1H3/t18-,23+/m0/s1. The number of aromatic nitrogens is 1. The highest BCUT2D eigenvalue weighted by Crippen LogP contribution is 2.38. The van der Waals surface area contributed by atoms with Crippen LogP contribution in [0.4, 0.5) is 0 Å². The minimum Gasteiger partial charge on any atom is -0.373 e. The zero-order valence-corrected chi connectivity index (χ0v) is 17.4. The highest BCUT2D eigenvalue weighted by molar-refractivity contribution is 6.06. The summed E-state index contributed by atoms with van der Waals surface area (Å²) >= 11 is 0. The second kappa shape index (κ2) is 7.74. The number of ether oxygens (including phenoxy) is 1. The number of rotatable bonds is 3. The highest BCUT2D eigenvalue weighted by Gasteiger charge is 2.45. The molecule has 1 N–H and O–H groups in total. The fourth-order valence-electron chi connectivity index (χ4n) is 5.43. The van der Waals surface area contributed by atoms with Crippen molar-refractivity contribution in [3.63, 3.8) is 0 Å². The maximum atomic E-state index is 13.3. The van der Waals surface area contributed by atoms with Gasteiger partial charge in [-0.05, 0) is 38.3 Å². The normalized spacial score (nSPS) is 29.1. The van der Waals surface area contributed by atoms with Gasteiger partial charge in [0.1, 0.15) is 0 Å². The van der Waals surface area contributed by atoms with Gasteiger partial charge < -0.3 is 24.4 Å². The van der Waals surface area contributed by atoms with Gasteiger partial charge >= 0.3 is 0 Å². The molecule has 3 aliphatic rings. The van der Waals surface area contributed by atoms with Crippen LogP contribution in [0.1, 0.15) is 29.6 Å². The van der Waals surface area contributed by atoms with Crippen molar-refractivity contribution < 1.29 is 9.53 Å². The lowest BCUT2D eigenvalue weighted by atomic mass is 9.86. The number of carbonyl (C=O) groups is 1. The number of carbonyl (C=O) groups excluding carboxylic acids is 1. The molecule has 1 aromatic carbocycles. The summed E-state index contributed by atoms with van der Waals surface area (Å²) in [6.45, 7) is 8.15. The van der Waals surface area contributed by atoms with Crippen LogP contribution in [0.15, 0.2) is 30.5 Å². The van der Waals surface area contributed by atoms with E-state index in [2.05, 4.69) is 21.8 Å². The van der Waals surface area contributed by atoms with Crippen molar-refractivity contribution in [3.05, 3.63) is 36.0 Å². The van der Waals surface area contributed by atoms with Crippen LogP contribution in [-0.4, -0.2) is 90.7 Å². The van der Waals surface area contributed by atoms with Crippen LogP contribution in [0, 0.1) is 5.92 Å². The summed E-state index contributed by atoms with van der Waals surface area (Å²) < 4.78 is 6.40. The first-order chi connectivity index (χ1) is 14.1. The van der Waals surface area contributed by atoms with Crippen molar-refractivity contribution in [1.29, 1.82) is 0 Å². The molecule has 5 rings (SSSR count). The van der Waals surface area contributed by atoms with Crippen molar-refractivity contribution in [1.82, 2.24) is 19.7 Å². The lowest BCUT2D eigenvalue weighted by Gasteiger charge is -2.40. The molecule has 2 atom stereocenters. The quantitative estimate of drug-likeness (QED) is 0.866. The van der Waals surface area contributed by atoms with Gasteiger partial charge in [0.2, 0.25) is 0 Å². The van der Waals surface area contributed by atoms with Gasteiger partial charge in [-0.2, -0.15) is 0 Å². The van der Waals surface area contributed by atoms with E-state index >= 15 is 0 Å². The van der Waals surface area contributed by atoms with E-state index < -0.39 is 0 Å². The number of para-hydroxylation sites is 1. The third-order valence-corrected chi connectivity index (χ3v) is 7.04. The Hall–Kier alpha value is -1.89. The van der Waals surface area contributed by atoms with E-state index in [0.717, 1.165) is 88.1 Å². The molecule has 0 bridgehead atoms. The van der Waals surface area contributed by atoms with Crippen LogP contribution < -0.4 is 0 Å². The summed E-state index contributed by atoms with van der Waals surface area (Å²) in [5.74, 6) is 0.717. The molecule has 0 saturated carbocycles. The minimum atomic E-state index is -0.142. The predicted molar refractivity (Wildman–Crippen MR) is 114 cm³/mol. The monoisotopic (exact) mass is 396 g/mol. The van der Waals surface area contributed by atoms with Crippen molar-refractivity contribution >= 4 is 16.8 Å². The molecule has 156 valence electrons. The molecule has 0 aliphatic carbocycles. The number of piperazine rings is 1. The maximum Gasteiger partial charge on any atom is 0.256 e. The van der Waals surface area contributed by atoms with Crippen LogP contribution in [0.5, 0.6) is 0 Å². The molecular formula is C23H32N4O2. The Morgan fingerprint density at radius 1 is 1.21 bits per heavy atom. The molecule has 29 heavy (non-hydrogen) atoms. The van der Waals surface area contributed by atoms with E-state index in [1.54, 1.807) is 0 Å². The Balaban J connectivity index is 1.24. The number of hydrogen-bond acceptors (Lipinski definition) is 4. The second-order valence-corrected chi connectivity index (χ2v) is 9.25. The SMILES string of the molecule is CN1CCN(C[C@H]2CO[C@]3(CCCN(C(=O)c4c[nH]c5ccccc45)C3)C2)CC1. The lowest BCUT2D eigenvalue weighted by Crippen LogP contribution is -2.50. The highest BCUT2D eigenvalue weighted by atomic mass is 16.5. The second-order valence-electron chi connectivity index (χ2n) is 9.25. The molecule has 1 aromatic heterocycles. The number of hydrogen-bond donors (Lipinski definition) is 1. The molecule has 6 nitrogen and oxygen atoms in total. The molecule has 0 unspecified atom stereocenters. The van der Waals surface area contributed by atoms with Gasteiger partial charge in [-0.15, -0.1) is 0 Å². The molecule has 3 fully saturated rings. The Kier molecular flexibility index (Phi) is 5.10. The number of H-pyrrole nitrogens is 1. The first kappa shape index (κ1) is 19.1. The summed E-state index contributed by atoms with van der Waals surface area (Å²) in [6, 6.07) is 8.04. The number of nitrogens with zero attached hydrogens (tertiary/aromatic N) is 3. The van der Waals surface area contributed by atoms with Gasteiger partial charge in [0.25, 0.3) is 5.91 Å². The van der Waals surface area contributed by atoms with Crippen molar-refractivity contribution in [2.75, 3.05) is 59.5 Å². The van der Waals surface area contributed by atoms with E-state index in [1.165, 1.54) is 0 Å². The zero-order chi connectivity index (χ0) is 19.8. The molecule has 4 heterocycles. The maximum absolute atomic E-state index is 13.3. The number of aromatic amines is 1. The molecule has 6 heteroatoms. The molecule has 1 amide bonds. The first-order valence-electron chi connectivity index (χ1n) is 11.0. The lowest BCUT2D eigenvalue weighted by molar-refractivity contribution is -0.0450. The van der Waals surface area contributed by atoms with Gasteiger partial charge in [-0.1, -0.05) is 18.2 Å². The topological polar surface area (TPSA) is 51.8 Å². The first-order valence-corrected chi connectivity index (χ1v) is 11.0. The largest absolute Gasteiger partial charge is 0.373 e. The van der Waals surface area contributed by atoms with Gasteiger partial charge in [-0.3, -0.25) is 4.79 Å². The van der Waals surface area contributed by atoms with Crippen LogP contribution in [-0.2, 0) is 4.74 Å². The van der Waals surface area contributed by atoms with E-state index in [-0.39, 0.29) is 11.5 Å². The average molecular weight is 397 g/mol. The van der Waals surface area contributed by atoms with Crippen molar-refractivity contribution in [2.45, 2.75) is 24.9 Å². The number of nitrogens with one attached hydrogen (secondary N) is 1. The summed E-state index contributed by atoms with van der Waals surface area (Å²) in [6.07, 6.45) is 5.04. The molecule has 3 saturated heterocycles. The smallest absolute Gasteiger partial charge is 0.256 e. The Labute approximate surface area is 172 Å².